The van der Waals surface area contributed by atoms with E-state index in [1.165, 1.54) is 16.9 Å². The van der Waals surface area contributed by atoms with Gasteiger partial charge in [0.25, 0.3) is 0 Å². The van der Waals surface area contributed by atoms with Gasteiger partial charge in [0.05, 0.1) is 12.3 Å². The van der Waals surface area contributed by atoms with Crippen LogP contribution >= 0.6 is 22.9 Å². The number of hydrogen-bond donors (Lipinski definition) is 0. The number of aromatic nitrogens is 2. The zero-order valence-electron chi connectivity index (χ0n) is 16.3. The molecule has 3 heterocycles. The van der Waals surface area contributed by atoms with Gasteiger partial charge < -0.3 is 9.64 Å². The van der Waals surface area contributed by atoms with Crippen LogP contribution in [-0.2, 0) is 11.3 Å². The van der Waals surface area contributed by atoms with Crippen LogP contribution in [0.1, 0.15) is 18.2 Å². The number of halogens is 1. The SMILES string of the molecule is CCOc1ccc(CN2CCN(C(=O)/C=C/c3c(Cl)nc4sccn34)CC2)cc1. The molecule has 1 saturated heterocycles. The molecule has 0 N–H and O–H groups in total. The highest BCUT2D eigenvalue weighted by Gasteiger charge is 2.20. The summed E-state index contributed by atoms with van der Waals surface area (Å²) in [5, 5.41) is 2.36. The van der Waals surface area contributed by atoms with Crippen LogP contribution in [0, 0.1) is 0 Å². The van der Waals surface area contributed by atoms with Gasteiger partial charge in [-0.25, -0.2) is 4.98 Å². The number of benzene rings is 1. The number of fused-ring (bicyclic) bond motifs is 1. The smallest absolute Gasteiger partial charge is 0.246 e. The molecule has 1 fully saturated rings. The minimum absolute atomic E-state index is 0.00645. The van der Waals surface area contributed by atoms with E-state index >= 15 is 0 Å². The Hall–Kier alpha value is -2.35. The van der Waals surface area contributed by atoms with Crippen LogP contribution in [0.5, 0.6) is 5.75 Å². The van der Waals surface area contributed by atoms with Crippen molar-refractivity contribution in [1.29, 1.82) is 0 Å². The molecular weight excluding hydrogens is 408 g/mol. The first-order valence-electron chi connectivity index (χ1n) is 9.66. The fourth-order valence-electron chi connectivity index (χ4n) is 3.42. The molecule has 1 aliphatic heterocycles. The van der Waals surface area contributed by atoms with Gasteiger partial charge in [-0.2, -0.15) is 0 Å². The Morgan fingerprint density at radius 1 is 1.24 bits per heavy atom. The second-order valence-corrected chi connectivity index (χ2v) is 8.09. The average molecular weight is 431 g/mol. The number of piperazine rings is 1. The number of ether oxygens (including phenoxy) is 1. The molecule has 1 aromatic carbocycles. The van der Waals surface area contributed by atoms with Gasteiger partial charge in [0.1, 0.15) is 5.75 Å². The van der Waals surface area contributed by atoms with Crippen molar-refractivity contribution >= 4 is 39.9 Å². The Bertz CT molecular complexity index is 1000. The third-order valence-corrected chi connectivity index (χ3v) is 6.00. The van der Waals surface area contributed by atoms with Crippen molar-refractivity contribution < 1.29 is 9.53 Å². The Kier molecular flexibility index (Phi) is 6.18. The predicted octanol–water partition coefficient (Wildman–Crippen LogP) is 3.81. The lowest BCUT2D eigenvalue weighted by molar-refractivity contribution is -0.127. The molecule has 1 aliphatic rings. The van der Waals surface area contributed by atoms with E-state index in [0.717, 1.165) is 36.0 Å². The van der Waals surface area contributed by atoms with E-state index in [4.69, 9.17) is 16.3 Å². The summed E-state index contributed by atoms with van der Waals surface area (Å²) in [4.78, 5) is 21.9. The third-order valence-electron chi connectivity index (χ3n) is 4.96. The highest BCUT2D eigenvalue weighted by molar-refractivity contribution is 7.15. The van der Waals surface area contributed by atoms with E-state index in [9.17, 15) is 4.79 Å². The maximum atomic E-state index is 12.6. The molecule has 0 unspecified atom stereocenters. The summed E-state index contributed by atoms with van der Waals surface area (Å²) in [6, 6.07) is 8.22. The summed E-state index contributed by atoms with van der Waals surface area (Å²) in [7, 11) is 0. The number of carbonyl (C=O) groups is 1. The lowest BCUT2D eigenvalue weighted by Crippen LogP contribution is -2.47. The molecule has 6 nitrogen and oxygen atoms in total. The van der Waals surface area contributed by atoms with E-state index in [2.05, 4.69) is 22.0 Å². The maximum absolute atomic E-state index is 12.6. The van der Waals surface area contributed by atoms with E-state index in [1.807, 2.05) is 39.9 Å². The number of imidazole rings is 1. The zero-order valence-corrected chi connectivity index (χ0v) is 17.8. The lowest BCUT2D eigenvalue weighted by atomic mass is 10.2. The minimum atomic E-state index is 0.00645. The molecule has 0 saturated carbocycles. The highest BCUT2D eigenvalue weighted by Crippen LogP contribution is 2.22. The van der Waals surface area contributed by atoms with Crippen molar-refractivity contribution in [2.24, 2.45) is 0 Å². The second kappa shape index (κ2) is 8.98. The van der Waals surface area contributed by atoms with E-state index in [0.29, 0.717) is 24.8 Å². The first-order valence-corrected chi connectivity index (χ1v) is 10.9. The molecule has 0 aliphatic carbocycles. The zero-order chi connectivity index (χ0) is 20.2. The van der Waals surface area contributed by atoms with Gasteiger partial charge in [0, 0.05) is 50.4 Å². The summed E-state index contributed by atoms with van der Waals surface area (Å²) < 4.78 is 7.38. The monoisotopic (exact) mass is 430 g/mol. The van der Waals surface area contributed by atoms with Crippen molar-refractivity contribution in [3.05, 3.63) is 58.3 Å². The Morgan fingerprint density at radius 3 is 2.72 bits per heavy atom. The third kappa shape index (κ3) is 4.63. The predicted molar refractivity (Wildman–Crippen MR) is 117 cm³/mol. The molecule has 0 spiro atoms. The normalized spacial score (nSPS) is 15.4. The molecule has 0 bridgehead atoms. The van der Waals surface area contributed by atoms with Crippen LogP contribution in [0.3, 0.4) is 0 Å². The Labute approximate surface area is 179 Å². The molecule has 29 heavy (non-hydrogen) atoms. The summed E-state index contributed by atoms with van der Waals surface area (Å²) in [6.45, 7) is 6.68. The largest absolute Gasteiger partial charge is 0.494 e. The fourth-order valence-corrected chi connectivity index (χ4v) is 4.43. The standard InChI is InChI=1S/C21H23ClN4O2S/c1-2-28-17-5-3-16(4-6-17)15-24-9-11-25(12-10-24)19(27)8-7-18-20(22)23-21-26(18)13-14-29-21/h3-8,13-14H,2,9-12,15H2,1H3/b8-7+. The van der Waals surface area contributed by atoms with Crippen molar-refractivity contribution in [3.8, 4) is 5.75 Å². The van der Waals surface area contributed by atoms with Crippen LogP contribution in [0.15, 0.2) is 41.9 Å². The Balaban J connectivity index is 1.30. The molecule has 8 heteroatoms. The molecule has 0 radical (unpaired) electrons. The molecule has 3 aromatic rings. The summed E-state index contributed by atoms with van der Waals surface area (Å²) in [6.07, 6.45) is 5.25. The number of rotatable bonds is 6. The topological polar surface area (TPSA) is 50.1 Å². The number of carbonyl (C=O) groups excluding carboxylic acids is 1. The van der Waals surface area contributed by atoms with Gasteiger partial charge in [0.2, 0.25) is 5.91 Å². The maximum Gasteiger partial charge on any atom is 0.246 e. The quantitative estimate of drug-likeness (QED) is 0.558. The van der Waals surface area contributed by atoms with Crippen molar-refractivity contribution in [2.75, 3.05) is 32.8 Å². The van der Waals surface area contributed by atoms with E-state index in [-0.39, 0.29) is 5.91 Å². The van der Waals surface area contributed by atoms with Gasteiger partial charge >= 0.3 is 0 Å². The fraction of sp³-hybridized carbons (Fsp3) is 0.333. The molecule has 0 atom stereocenters. The number of thiazole rings is 1. The molecule has 2 aromatic heterocycles. The van der Waals surface area contributed by atoms with Crippen LogP contribution < -0.4 is 4.74 Å². The first kappa shape index (κ1) is 19.9. The average Bonchev–Trinajstić information content (AvgIpc) is 3.29. The van der Waals surface area contributed by atoms with Crippen LogP contribution in [0.25, 0.3) is 11.0 Å². The second-order valence-electron chi connectivity index (χ2n) is 6.86. The summed E-state index contributed by atoms with van der Waals surface area (Å²) in [5.74, 6) is 0.906. The van der Waals surface area contributed by atoms with E-state index in [1.54, 1.807) is 12.2 Å². The number of hydrogen-bond acceptors (Lipinski definition) is 5. The Morgan fingerprint density at radius 2 is 2.00 bits per heavy atom. The highest BCUT2D eigenvalue weighted by atomic mass is 35.5. The van der Waals surface area contributed by atoms with Crippen molar-refractivity contribution in [3.63, 3.8) is 0 Å². The molecular formula is C21H23ClN4O2S. The molecule has 152 valence electrons. The number of nitrogens with zero attached hydrogens (tertiary/aromatic N) is 4. The van der Waals surface area contributed by atoms with Crippen LogP contribution in [0.2, 0.25) is 5.15 Å². The van der Waals surface area contributed by atoms with Gasteiger partial charge in [-0.15, -0.1) is 11.3 Å². The number of amides is 1. The van der Waals surface area contributed by atoms with Gasteiger partial charge in [-0.1, -0.05) is 23.7 Å². The van der Waals surface area contributed by atoms with Gasteiger partial charge in [0.15, 0.2) is 10.1 Å². The van der Waals surface area contributed by atoms with Gasteiger partial charge in [-0.3, -0.25) is 14.1 Å². The molecule has 1 amide bonds. The first-order chi connectivity index (χ1) is 14.1. The van der Waals surface area contributed by atoms with Crippen LogP contribution in [-0.4, -0.2) is 57.9 Å². The van der Waals surface area contributed by atoms with E-state index < -0.39 is 0 Å². The summed E-state index contributed by atoms with van der Waals surface area (Å²) >= 11 is 7.70. The van der Waals surface area contributed by atoms with Crippen LogP contribution in [0.4, 0.5) is 0 Å². The molecule has 4 rings (SSSR count). The lowest BCUT2D eigenvalue weighted by Gasteiger charge is -2.34. The van der Waals surface area contributed by atoms with Crippen molar-refractivity contribution in [2.45, 2.75) is 13.5 Å². The van der Waals surface area contributed by atoms with Crippen molar-refractivity contribution in [1.82, 2.24) is 19.2 Å². The van der Waals surface area contributed by atoms with Gasteiger partial charge in [-0.05, 0) is 30.7 Å². The summed E-state index contributed by atoms with van der Waals surface area (Å²) in [5.41, 5.74) is 1.99. The minimum Gasteiger partial charge on any atom is -0.494 e.